The zero-order valence-corrected chi connectivity index (χ0v) is 24.3. The lowest BCUT2D eigenvalue weighted by atomic mass is 9.93. The predicted molar refractivity (Wildman–Crippen MR) is 151 cm³/mol. The molecule has 0 saturated heterocycles. The van der Waals surface area contributed by atoms with Gasteiger partial charge in [-0.2, -0.15) is 0 Å². The van der Waals surface area contributed by atoms with E-state index in [0.717, 1.165) is 28.0 Å². The van der Waals surface area contributed by atoms with Gasteiger partial charge in [-0.3, -0.25) is 9.10 Å². The van der Waals surface area contributed by atoms with E-state index >= 15 is 0 Å². The van der Waals surface area contributed by atoms with Gasteiger partial charge in [0.15, 0.2) is 6.10 Å². The summed E-state index contributed by atoms with van der Waals surface area (Å²) in [6.07, 6.45) is -1.04. The Kier molecular flexibility index (Phi) is 8.11. The molecule has 0 aliphatic carbocycles. The van der Waals surface area contributed by atoms with Gasteiger partial charge >= 0.3 is 0 Å². The van der Waals surface area contributed by atoms with Crippen molar-refractivity contribution >= 4 is 21.6 Å². The first kappa shape index (κ1) is 28.3. The van der Waals surface area contributed by atoms with E-state index in [4.69, 9.17) is 14.2 Å². The summed E-state index contributed by atoms with van der Waals surface area (Å²) < 4.78 is 45.6. The fraction of sp³-hybridized carbons (Fsp3) is 0.367. The molecule has 0 spiro atoms. The van der Waals surface area contributed by atoms with Crippen molar-refractivity contribution in [2.24, 2.45) is 0 Å². The van der Waals surface area contributed by atoms with Crippen molar-refractivity contribution in [2.45, 2.75) is 57.6 Å². The van der Waals surface area contributed by atoms with Crippen molar-refractivity contribution in [2.75, 3.05) is 25.1 Å². The van der Waals surface area contributed by atoms with Gasteiger partial charge in [0.05, 0.1) is 37.4 Å². The lowest BCUT2D eigenvalue weighted by Gasteiger charge is -2.35. The van der Waals surface area contributed by atoms with Gasteiger partial charge in [0.1, 0.15) is 17.2 Å². The number of ether oxygens (including phenoxy) is 3. The number of nitrogens with one attached hydrogen (secondary N) is 1. The Morgan fingerprint density at radius 3 is 2.28 bits per heavy atom. The molecule has 0 unspecified atom stereocenters. The molecule has 0 aromatic heterocycles. The van der Waals surface area contributed by atoms with Gasteiger partial charge in [-0.05, 0) is 97.5 Å². The Labute approximate surface area is 230 Å². The van der Waals surface area contributed by atoms with Crippen LogP contribution in [0.1, 0.15) is 55.0 Å². The van der Waals surface area contributed by atoms with Crippen molar-refractivity contribution < 1.29 is 27.4 Å². The molecule has 0 radical (unpaired) electrons. The Morgan fingerprint density at radius 2 is 1.67 bits per heavy atom. The molecule has 1 heterocycles. The Balaban J connectivity index is 1.64. The van der Waals surface area contributed by atoms with E-state index in [1.807, 2.05) is 32.9 Å². The summed E-state index contributed by atoms with van der Waals surface area (Å²) in [6.45, 7) is 9.77. The number of methoxy groups -OCH3 is 2. The van der Waals surface area contributed by atoms with Crippen LogP contribution in [0.25, 0.3) is 0 Å². The smallest absolute Gasteiger partial charge is 0.264 e. The second-order valence-electron chi connectivity index (χ2n) is 10.1. The number of anilines is 1. The van der Waals surface area contributed by atoms with E-state index < -0.39 is 22.0 Å². The van der Waals surface area contributed by atoms with E-state index in [-0.39, 0.29) is 23.4 Å². The van der Waals surface area contributed by atoms with Crippen LogP contribution in [0.2, 0.25) is 0 Å². The number of rotatable bonds is 8. The van der Waals surface area contributed by atoms with Crippen LogP contribution in [-0.2, 0) is 14.8 Å². The van der Waals surface area contributed by atoms with Crippen molar-refractivity contribution in [1.29, 1.82) is 0 Å². The highest BCUT2D eigenvalue weighted by atomic mass is 32.2. The fourth-order valence-electron chi connectivity index (χ4n) is 4.79. The number of sulfonamides is 1. The van der Waals surface area contributed by atoms with Gasteiger partial charge in [0, 0.05) is 0 Å². The molecule has 39 heavy (non-hydrogen) atoms. The highest BCUT2D eigenvalue weighted by Gasteiger charge is 2.38. The normalized spacial score (nSPS) is 15.8. The quantitative estimate of drug-likeness (QED) is 0.409. The van der Waals surface area contributed by atoms with Gasteiger partial charge in [-0.1, -0.05) is 19.9 Å². The number of benzene rings is 3. The first-order valence-electron chi connectivity index (χ1n) is 12.9. The van der Waals surface area contributed by atoms with Gasteiger partial charge in [-0.25, -0.2) is 8.42 Å². The van der Waals surface area contributed by atoms with Crippen LogP contribution in [0.5, 0.6) is 17.2 Å². The molecule has 0 bridgehead atoms. The zero-order chi connectivity index (χ0) is 28.5. The van der Waals surface area contributed by atoms with Gasteiger partial charge in [0.25, 0.3) is 15.9 Å². The first-order chi connectivity index (χ1) is 18.5. The summed E-state index contributed by atoms with van der Waals surface area (Å²) in [7, 11) is -0.820. The number of nitrogens with zero attached hydrogens (tertiary/aromatic N) is 1. The number of amides is 1. The Morgan fingerprint density at radius 1 is 0.974 bits per heavy atom. The largest absolute Gasteiger partial charge is 0.497 e. The van der Waals surface area contributed by atoms with Crippen LogP contribution >= 0.6 is 0 Å². The molecule has 2 atom stereocenters. The van der Waals surface area contributed by atoms with E-state index in [1.54, 1.807) is 31.4 Å². The summed E-state index contributed by atoms with van der Waals surface area (Å²) in [5.74, 6) is 1.53. The van der Waals surface area contributed by atoms with E-state index in [0.29, 0.717) is 17.2 Å². The summed E-state index contributed by atoms with van der Waals surface area (Å²) in [5.41, 5.74) is 4.27. The molecule has 1 aliphatic heterocycles. The van der Waals surface area contributed by atoms with Gasteiger partial charge < -0.3 is 19.5 Å². The van der Waals surface area contributed by atoms with Crippen molar-refractivity contribution in [3.8, 4) is 17.2 Å². The van der Waals surface area contributed by atoms with Crippen molar-refractivity contribution in [3.63, 3.8) is 0 Å². The number of carbonyl (C=O) groups excluding carboxylic acids is 1. The topological polar surface area (TPSA) is 94.2 Å². The second-order valence-corrected chi connectivity index (χ2v) is 12.0. The highest BCUT2D eigenvalue weighted by Crippen LogP contribution is 2.38. The van der Waals surface area contributed by atoms with Crippen LogP contribution in [0.4, 0.5) is 5.69 Å². The molecule has 3 aromatic rings. The Hall–Kier alpha value is -3.72. The maximum absolute atomic E-state index is 13.8. The maximum Gasteiger partial charge on any atom is 0.264 e. The molecular formula is C30H36N2O6S. The molecular weight excluding hydrogens is 516 g/mol. The molecule has 1 aliphatic rings. The molecule has 0 fully saturated rings. The monoisotopic (exact) mass is 552 g/mol. The molecule has 1 N–H and O–H groups in total. The van der Waals surface area contributed by atoms with Gasteiger partial charge in [-0.15, -0.1) is 0 Å². The molecule has 8 nitrogen and oxygen atoms in total. The SMILES string of the molecule is COc1ccc(S(=O)(=O)N2C[C@H](C(=O)N[C@@H](C)c3cc(C(C)C)c(OC)cc3C)Oc3ccc(C)cc32)cc1. The van der Waals surface area contributed by atoms with E-state index in [9.17, 15) is 13.2 Å². The summed E-state index contributed by atoms with van der Waals surface area (Å²) in [5, 5.41) is 3.04. The van der Waals surface area contributed by atoms with Crippen LogP contribution in [0.3, 0.4) is 0 Å². The van der Waals surface area contributed by atoms with Crippen LogP contribution in [-0.4, -0.2) is 41.2 Å². The summed E-state index contributed by atoms with van der Waals surface area (Å²) >= 11 is 0. The molecule has 208 valence electrons. The minimum atomic E-state index is -3.99. The highest BCUT2D eigenvalue weighted by molar-refractivity contribution is 7.92. The standard InChI is InChI=1S/C30H36N2O6S/c1-18(2)24-16-25(20(4)15-28(24)37-7)21(5)31-30(33)29-17-32(26-14-19(3)8-13-27(26)38-29)39(34,35)23-11-9-22(36-6)10-12-23/h8-16,18,21,29H,17H2,1-7H3,(H,31,33)/t21-,29+/m0/s1. The average molecular weight is 553 g/mol. The maximum atomic E-state index is 13.8. The summed E-state index contributed by atoms with van der Waals surface area (Å²) in [6, 6.07) is 15.2. The molecule has 4 rings (SSSR count). The predicted octanol–water partition coefficient (Wildman–Crippen LogP) is 5.28. The third-order valence-electron chi connectivity index (χ3n) is 6.99. The molecule has 0 saturated carbocycles. The minimum absolute atomic E-state index is 0.0975. The number of carbonyl (C=O) groups is 1. The molecule has 9 heteroatoms. The summed E-state index contributed by atoms with van der Waals surface area (Å²) in [4.78, 5) is 13.6. The minimum Gasteiger partial charge on any atom is -0.497 e. The lowest BCUT2D eigenvalue weighted by Crippen LogP contribution is -2.51. The third-order valence-corrected chi connectivity index (χ3v) is 8.78. The third kappa shape index (κ3) is 5.68. The van der Waals surface area contributed by atoms with Crippen LogP contribution in [0.15, 0.2) is 59.5 Å². The van der Waals surface area contributed by atoms with Gasteiger partial charge in [0.2, 0.25) is 0 Å². The average Bonchev–Trinajstić information content (AvgIpc) is 2.91. The number of aryl methyl sites for hydroxylation is 2. The number of fused-ring (bicyclic) bond motifs is 1. The first-order valence-corrected chi connectivity index (χ1v) is 14.3. The van der Waals surface area contributed by atoms with E-state index in [2.05, 4.69) is 25.2 Å². The number of hydrogen-bond acceptors (Lipinski definition) is 6. The van der Waals surface area contributed by atoms with Crippen molar-refractivity contribution in [3.05, 3.63) is 76.9 Å². The lowest BCUT2D eigenvalue weighted by molar-refractivity contribution is -0.128. The van der Waals surface area contributed by atoms with Crippen molar-refractivity contribution in [1.82, 2.24) is 5.32 Å². The van der Waals surface area contributed by atoms with E-state index in [1.165, 1.54) is 23.5 Å². The fourth-order valence-corrected chi connectivity index (χ4v) is 6.26. The zero-order valence-electron chi connectivity index (χ0n) is 23.4. The molecule has 3 aromatic carbocycles. The molecule has 1 amide bonds. The van der Waals surface area contributed by atoms with Crippen LogP contribution < -0.4 is 23.8 Å². The Bertz CT molecular complexity index is 1470. The second kappa shape index (κ2) is 11.2. The number of hydrogen-bond donors (Lipinski definition) is 1. The van der Waals surface area contributed by atoms with Crippen LogP contribution in [0, 0.1) is 13.8 Å².